The summed E-state index contributed by atoms with van der Waals surface area (Å²) in [6.07, 6.45) is 0. The van der Waals surface area contributed by atoms with Gasteiger partial charge in [0.25, 0.3) is 11.6 Å². The minimum Gasteiger partial charge on any atom is -0.493 e. The number of hydrogen-bond acceptors (Lipinski definition) is 4. The second-order valence-corrected chi connectivity index (χ2v) is 6.01. The van der Waals surface area contributed by atoms with Gasteiger partial charge in [-0.1, -0.05) is 25.4 Å². The molecule has 1 N–H and O–H groups in total. The third-order valence-corrected chi connectivity index (χ3v) is 3.44. The summed E-state index contributed by atoms with van der Waals surface area (Å²) in [5, 5.41) is 13.6. The molecule has 126 valence electrons. The Morgan fingerprint density at radius 2 is 1.92 bits per heavy atom. The molecule has 0 aliphatic carbocycles. The third-order valence-electron chi connectivity index (χ3n) is 3.11. The maximum atomic E-state index is 12.2. The lowest BCUT2D eigenvalue weighted by molar-refractivity contribution is -0.384. The van der Waals surface area contributed by atoms with E-state index in [0.29, 0.717) is 23.8 Å². The molecule has 2 rings (SSSR count). The maximum Gasteiger partial charge on any atom is 0.271 e. The fourth-order valence-electron chi connectivity index (χ4n) is 1.88. The molecule has 0 spiro atoms. The van der Waals surface area contributed by atoms with E-state index in [4.69, 9.17) is 16.3 Å². The van der Waals surface area contributed by atoms with Crippen LogP contribution in [0, 0.1) is 16.0 Å². The molecule has 0 unspecified atom stereocenters. The summed E-state index contributed by atoms with van der Waals surface area (Å²) in [5.41, 5.74) is 0.442. The van der Waals surface area contributed by atoms with Crippen LogP contribution in [0.4, 0.5) is 11.4 Å². The molecule has 2 aromatic rings. The minimum atomic E-state index is -0.549. The molecule has 0 heterocycles. The molecule has 0 saturated carbocycles. The number of anilines is 1. The highest BCUT2D eigenvalue weighted by atomic mass is 35.5. The number of carbonyl (C=O) groups is 1. The Morgan fingerprint density at radius 3 is 2.50 bits per heavy atom. The Kier molecular flexibility index (Phi) is 5.76. The lowest BCUT2D eigenvalue weighted by atomic mass is 10.2. The van der Waals surface area contributed by atoms with Crippen molar-refractivity contribution in [3.63, 3.8) is 0 Å². The first-order valence-electron chi connectivity index (χ1n) is 7.35. The molecule has 0 saturated heterocycles. The molecule has 0 radical (unpaired) electrons. The van der Waals surface area contributed by atoms with Gasteiger partial charge in [0.2, 0.25) is 0 Å². The molecule has 0 fully saturated rings. The van der Waals surface area contributed by atoms with Crippen LogP contribution in [0.2, 0.25) is 5.02 Å². The molecule has 0 aliphatic rings. The van der Waals surface area contributed by atoms with Crippen LogP contribution in [0.25, 0.3) is 0 Å². The zero-order chi connectivity index (χ0) is 17.7. The van der Waals surface area contributed by atoms with Crippen molar-refractivity contribution >= 4 is 28.9 Å². The fraction of sp³-hybridized carbons (Fsp3) is 0.235. The number of benzene rings is 2. The van der Waals surface area contributed by atoms with Crippen LogP contribution in [0.3, 0.4) is 0 Å². The number of amides is 1. The van der Waals surface area contributed by atoms with E-state index in [0.717, 1.165) is 0 Å². The number of non-ortho nitro benzene ring substituents is 1. The predicted molar refractivity (Wildman–Crippen MR) is 92.8 cm³/mol. The van der Waals surface area contributed by atoms with Crippen molar-refractivity contribution in [3.8, 4) is 5.75 Å². The van der Waals surface area contributed by atoms with Crippen molar-refractivity contribution in [1.29, 1.82) is 0 Å². The maximum absolute atomic E-state index is 12.2. The highest BCUT2D eigenvalue weighted by Crippen LogP contribution is 2.27. The zero-order valence-corrected chi connectivity index (χ0v) is 14.0. The van der Waals surface area contributed by atoms with Crippen molar-refractivity contribution in [3.05, 3.63) is 63.2 Å². The number of nitro benzene ring substituents is 1. The van der Waals surface area contributed by atoms with Gasteiger partial charge in [0, 0.05) is 17.7 Å². The first-order chi connectivity index (χ1) is 11.4. The average Bonchev–Trinajstić information content (AvgIpc) is 2.55. The molecule has 2 aromatic carbocycles. The van der Waals surface area contributed by atoms with Crippen molar-refractivity contribution < 1.29 is 14.5 Å². The monoisotopic (exact) mass is 348 g/mol. The van der Waals surface area contributed by atoms with Crippen molar-refractivity contribution in [2.45, 2.75) is 13.8 Å². The molecule has 0 atom stereocenters. The molecule has 24 heavy (non-hydrogen) atoms. The van der Waals surface area contributed by atoms with Crippen molar-refractivity contribution in [2.75, 3.05) is 11.9 Å². The zero-order valence-electron chi connectivity index (χ0n) is 13.3. The predicted octanol–water partition coefficient (Wildman–Crippen LogP) is 4.54. The summed E-state index contributed by atoms with van der Waals surface area (Å²) in [6, 6.07) is 10.5. The van der Waals surface area contributed by atoms with Crippen molar-refractivity contribution in [2.24, 2.45) is 5.92 Å². The number of carbonyl (C=O) groups excluding carboxylic acids is 1. The van der Waals surface area contributed by atoms with Crippen LogP contribution in [0.1, 0.15) is 24.2 Å². The lowest BCUT2D eigenvalue weighted by Crippen LogP contribution is -2.12. The highest BCUT2D eigenvalue weighted by Gasteiger charge is 2.13. The van der Waals surface area contributed by atoms with Crippen LogP contribution in [-0.4, -0.2) is 17.4 Å². The first-order valence-corrected chi connectivity index (χ1v) is 7.72. The van der Waals surface area contributed by atoms with Crippen molar-refractivity contribution in [1.82, 2.24) is 0 Å². The van der Waals surface area contributed by atoms with Gasteiger partial charge < -0.3 is 10.1 Å². The number of hydrogen-bond donors (Lipinski definition) is 1. The molecule has 0 bridgehead atoms. The van der Waals surface area contributed by atoms with E-state index in [1.165, 1.54) is 18.2 Å². The molecule has 6 nitrogen and oxygen atoms in total. The van der Waals surface area contributed by atoms with Gasteiger partial charge in [-0.25, -0.2) is 0 Å². The molecule has 0 aliphatic heterocycles. The minimum absolute atomic E-state index is 0.146. The standard InChI is InChI=1S/C17H17ClN2O4/c1-11(2)10-24-14-6-3-12(4-7-14)17(21)19-16-9-13(20(22)23)5-8-15(16)18/h3-9,11H,10H2,1-2H3,(H,19,21). The summed E-state index contributed by atoms with van der Waals surface area (Å²) in [4.78, 5) is 22.5. The summed E-state index contributed by atoms with van der Waals surface area (Å²) in [7, 11) is 0. The molecule has 0 aromatic heterocycles. The Labute approximate surface area is 144 Å². The normalized spacial score (nSPS) is 10.5. The summed E-state index contributed by atoms with van der Waals surface area (Å²) in [6.45, 7) is 4.68. The van der Waals surface area contributed by atoms with E-state index in [1.54, 1.807) is 24.3 Å². The van der Waals surface area contributed by atoms with Gasteiger partial charge in [-0.15, -0.1) is 0 Å². The topological polar surface area (TPSA) is 81.5 Å². The highest BCUT2D eigenvalue weighted by molar-refractivity contribution is 6.34. The van der Waals surface area contributed by atoms with E-state index in [1.807, 2.05) is 13.8 Å². The molecular formula is C17H17ClN2O4. The Hall–Kier alpha value is -2.60. The third kappa shape index (κ3) is 4.70. The second kappa shape index (κ2) is 7.79. The number of nitro groups is 1. The molecule has 1 amide bonds. The van der Waals surface area contributed by atoms with Crippen LogP contribution in [-0.2, 0) is 0 Å². The SMILES string of the molecule is CC(C)COc1ccc(C(=O)Nc2cc([N+](=O)[O-])ccc2Cl)cc1. The number of ether oxygens (including phenoxy) is 1. The van der Waals surface area contributed by atoms with E-state index in [2.05, 4.69) is 5.32 Å². The quantitative estimate of drug-likeness (QED) is 0.614. The Bertz CT molecular complexity index is 745. The Balaban J connectivity index is 2.09. The van der Waals surface area contributed by atoms with Gasteiger partial charge in [0.15, 0.2) is 0 Å². The van der Waals surface area contributed by atoms with Gasteiger partial charge in [-0.2, -0.15) is 0 Å². The van der Waals surface area contributed by atoms with Crippen LogP contribution in [0.15, 0.2) is 42.5 Å². The fourth-order valence-corrected chi connectivity index (χ4v) is 2.05. The van der Waals surface area contributed by atoms with Gasteiger partial charge in [0.1, 0.15) is 5.75 Å². The van der Waals surface area contributed by atoms with Gasteiger partial charge in [-0.3, -0.25) is 14.9 Å². The number of nitrogens with one attached hydrogen (secondary N) is 1. The van der Waals surface area contributed by atoms with Crippen LogP contribution in [0.5, 0.6) is 5.75 Å². The summed E-state index contributed by atoms with van der Waals surface area (Å²) < 4.78 is 5.55. The smallest absolute Gasteiger partial charge is 0.271 e. The second-order valence-electron chi connectivity index (χ2n) is 5.60. The first kappa shape index (κ1) is 17.7. The van der Waals surface area contributed by atoms with E-state index in [9.17, 15) is 14.9 Å². The summed E-state index contributed by atoms with van der Waals surface area (Å²) in [5.74, 6) is 0.672. The number of rotatable bonds is 6. The molecular weight excluding hydrogens is 332 g/mol. The van der Waals surface area contributed by atoms with E-state index < -0.39 is 10.8 Å². The van der Waals surface area contributed by atoms with Crippen LogP contribution >= 0.6 is 11.6 Å². The van der Waals surface area contributed by atoms with Gasteiger partial charge in [-0.05, 0) is 36.2 Å². The largest absolute Gasteiger partial charge is 0.493 e. The van der Waals surface area contributed by atoms with Gasteiger partial charge in [0.05, 0.1) is 22.2 Å². The number of halogens is 1. The van der Waals surface area contributed by atoms with E-state index >= 15 is 0 Å². The molecule has 7 heteroatoms. The van der Waals surface area contributed by atoms with Crippen LogP contribution < -0.4 is 10.1 Å². The summed E-state index contributed by atoms with van der Waals surface area (Å²) >= 11 is 5.97. The lowest BCUT2D eigenvalue weighted by Gasteiger charge is -2.10. The van der Waals surface area contributed by atoms with E-state index in [-0.39, 0.29) is 16.4 Å². The average molecular weight is 349 g/mol. The number of nitrogens with zero attached hydrogens (tertiary/aromatic N) is 1. The Morgan fingerprint density at radius 1 is 1.25 bits per heavy atom. The van der Waals surface area contributed by atoms with Gasteiger partial charge >= 0.3 is 0 Å².